The van der Waals surface area contributed by atoms with E-state index in [1.165, 1.54) is 32.1 Å². The van der Waals surface area contributed by atoms with Crippen molar-refractivity contribution < 1.29 is 4.79 Å². The average molecular weight is 223 g/mol. The second-order valence-corrected chi connectivity index (χ2v) is 5.87. The largest absolute Gasteiger partial charge is 0.305 e. The highest BCUT2D eigenvalue weighted by atomic mass is 16.1. The number of hydrogen-bond acceptors (Lipinski definition) is 2. The second-order valence-electron chi connectivity index (χ2n) is 5.87. The lowest BCUT2D eigenvalue weighted by Crippen LogP contribution is -2.47. The summed E-state index contributed by atoms with van der Waals surface area (Å²) >= 11 is 0. The molecule has 0 aromatic carbocycles. The van der Waals surface area contributed by atoms with Gasteiger partial charge in [0.2, 0.25) is 0 Å². The average Bonchev–Trinajstić information content (AvgIpc) is 3.10. The molecule has 92 valence electrons. The van der Waals surface area contributed by atoms with Gasteiger partial charge in [0.1, 0.15) is 0 Å². The number of ketones is 1. The van der Waals surface area contributed by atoms with Gasteiger partial charge in [-0.1, -0.05) is 33.1 Å². The van der Waals surface area contributed by atoms with Crippen LogP contribution in [-0.2, 0) is 4.79 Å². The molecule has 0 aliphatic heterocycles. The Hall–Kier alpha value is -0.370. The number of carbonyl (C=O) groups excluding carboxylic acids is 1. The Morgan fingerprint density at radius 1 is 1.06 bits per heavy atom. The summed E-state index contributed by atoms with van der Waals surface area (Å²) in [7, 11) is 0. The molecule has 2 saturated carbocycles. The molecular weight excluding hydrogens is 198 g/mol. The number of hydrogen-bond donors (Lipinski definition) is 1. The molecule has 1 atom stereocenters. The van der Waals surface area contributed by atoms with Gasteiger partial charge in [0.05, 0.1) is 6.04 Å². The first-order chi connectivity index (χ1) is 7.68. The molecule has 0 unspecified atom stereocenters. The zero-order valence-corrected chi connectivity index (χ0v) is 10.7. The van der Waals surface area contributed by atoms with E-state index in [1.807, 2.05) is 0 Å². The van der Waals surface area contributed by atoms with Gasteiger partial charge in [-0.3, -0.25) is 4.79 Å². The minimum absolute atomic E-state index is 0.160. The summed E-state index contributed by atoms with van der Waals surface area (Å²) in [5.74, 6) is 1.53. The number of carbonyl (C=O) groups is 1. The Morgan fingerprint density at radius 2 is 1.69 bits per heavy atom. The minimum Gasteiger partial charge on any atom is -0.305 e. The first-order valence-electron chi connectivity index (χ1n) is 6.98. The summed E-state index contributed by atoms with van der Waals surface area (Å²) in [6.07, 6.45) is 8.79. The molecule has 1 N–H and O–H groups in total. The highest BCUT2D eigenvalue weighted by molar-refractivity contribution is 5.88. The van der Waals surface area contributed by atoms with Gasteiger partial charge in [-0.25, -0.2) is 0 Å². The van der Waals surface area contributed by atoms with Crippen molar-refractivity contribution in [2.75, 3.05) is 0 Å². The van der Waals surface area contributed by atoms with Gasteiger partial charge in [-0.15, -0.1) is 0 Å². The Kier molecular flexibility index (Phi) is 4.01. The van der Waals surface area contributed by atoms with Crippen LogP contribution in [0.4, 0.5) is 0 Å². The van der Waals surface area contributed by atoms with Gasteiger partial charge < -0.3 is 5.32 Å². The molecule has 2 aliphatic carbocycles. The number of rotatable bonds is 5. The van der Waals surface area contributed by atoms with Crippen molar-refractivity contribution >= 4 is 5.78 Å². The minimum atomic E-state index is 0.160. The van der Waals surface area contributed by atoms with Crippen molar-refractivity contribution in [3.8, 4) is 0 Å². The molecule has 0 aromatic heterocycles. The molecule has 0 heterocycles. The molecule has 0 aromatic rings. The molecule has 16 heavy (non-hydrogen) atoms. The highest BCUT2D eigenvalue weighted by Crippen LogP contribution is 2.35. The third kappa shape index (κ3) is 3.07. The van der Waals surface area contributed by atoms with E-state index in [0.29, 0.717) is 23.7 Å². The lowest BCUT2D eigenvalue weighted by Gasteiger charge is -2.31. The zero-order valence-electron chi connectivity index (χ0n) is 10.7. The van der Waals surface area contributed by atoms with E-state index in [2.05, 4.69) is 19.2 Å². The monoisotopic (exact) mass is 223 g/mol. The van der Waals surface area contributed by atoms with E-state index in [4.69, 9.17) is 0 Å². The number of Topliss-reactive ketones (excluding diaryl/α,β-unsaturated/α-hetero) is 1. The van der Waals surface area contributed by atoms with E-state index >= 15 is 0 Å². The lowest BCUT2D eigenvalue weighted by atomic mass is 9.81. The van der Waals surface area contributed by atoms with Gasteiger partial charge in [-0.05, 0) is 31.6 Å². The van der Waals surface area contributed by atoms with Crippen LogP contribution in [0.5, 0.6) is 0 Å². The van der Waals surface area contributed by atoms with Gasteiger partial charge in [0.25, 0.3) is 0 Å². The van der Waals surface area contributed by atoms with Crippen molar-refractivity contribution in [1.82, 2.24) is 5.32 Å². The zero-order chi connectivity index (χ0) is 11.5. The summed E-state index contributed by atoms with van der Waals surface area (Å²) in [5.41, 5.74) is 0. The third-order valence-corrected chi connectivity index (χ3v) is 3.92. The van der Waals surface area contributed by atoms with Crippen molar-refractivity contribution in [3.63, 3.8) is 0 Å². The van der Waals surface area contributed by atoms with E-state index in [1.54, 1.807) is 0 Å². The molecule has 2 aliphatic rings. The molecular formula is C14H25NO. The van der Waals surface area contributed by atoms with Crippen LogP contribution in [0.3, 0.4) is 0 Å². The lowest BCUT2D eigenvalue weighted by molar-refractivity contribution is -0.124. The van der Waals surface area contributed by atoms with E-state index < -0.39 is 0 Å². The van der Waals surface area contributed by atoms with Crippen LogP contribution in [0, 0.1) is 11.8 Å². The Morgan fingerprint density at radius 3 is 2.19 bits per heavy atom. The Labute approximate surface area is 99.2 Å². The predicted octanol–water partition coefficient (Wildman–Crippen LogP) is 2.91. The summed E-state index contributed by atoms with van der Waals surface area (Å²) in [6.45, 7) is 4.30. The van der Waals surface area contributed by atoms with Crippen LogP contribution in [0.25, 0.3) is 0 Å². The molecule has 2 fully saturated rings. The molecule has 0 saturated heterocycles. The summed E-state index contributed by atoms with van der Waals surface area (Å²) < 4.78 is 0. The fourth-order valence-corrected chi connectivity index (χ4v) is 2.90. The van der Waals surface area contributed by atoms with Crippen LogP contribution >= 0.6 is 0 Å². The van der Waals surface area contributed by atoms with Crippen LogP contribution < -0.4 is 5.32 Å². The van der Waals surface area contributed by atoms with Gasteiger partial charge >= 0.3 is 0 Å². The summed E-state index contributed by atoms with van der Waals surface area (Å²) in [4.78, 5) is 12.3. The fraction of sp³-hybridized carbons (Fsp3) is 0.929. The SMILES string of the molecule is CC(C)N[C@H](C(=O)C1CC1)C1CCCCC1. The quantitative estimate of drug-likeness (QED) is 0.776. The fourth-order valence-electron chi connectivity index (χ4n) is 2.90. The Bertz CT molecular complexity index is 239. The van der Waals surface area contributed by atoms with E-state index in [0.717, 1.165) is 12.8 Å². The van der Waals surface area contributed by atoms with Crippen molar-refractivity contribution in [2.45, 2.75) is 70.9 Å². The maximum atomic E-state index is 12.3. The maximum Gasteiger partial charge on any atom is 0.153 e. The van der Waals surface area contributed by atoms with E-state index in [9.17, 15) is 4.79 Å². The maximum absolute atomic E-state index is 12.3. The second kappa shape index (κ2) is 5.31. The summed E-state index contributed by atoms with van der Waals surface area (Å²) in [5, 5.41) is 3.52. The van der Waals surface area contributed by atoms with Crippen molar-refractivity contribution in [1.29, 1.82) is 0 Å². The molecule has 0 bridgehead atoms. The molecule has 0 spiro atoms. The predicted molar refractivity (Wildman–Crippen MR) is 66.4 cm³/mol. The van der Waals surface area contributed by atoms with Crippen LogP contribution in [0.2, 0.25) is 0 Å². The van der Waals surface area contributed by atoms with Crippen LogP contribution in [0.15, 0.2) is 0 Å². The highest BCUT2D eigenvalue weighted by Gasteiger charge is 2.38. The standard InChI is InChI=1S/C14H25NO/c1-10(2)15-13(14(16)12-8-9-12)11-6-4-3-5-7-11/h10-13,15H,3-9H2,1-2H3/t13-/m0/s1. The smallest absolute Gasteiger partial charge is 0.153 e. The molecule has 0 amide bonds. The van der Waals surface area contributed by atoms with E-state index in [-0.39, 0.29) is 6.04 Å². The first-order valence-corrected chi connectivity index (χ1v) is 6.98. The Balaban J connectivity index is 1.96. The first kappa shape index (κ1) is 12.1. The molecule has 2 nitrogen and oxygen atoms in total. The van der Waals surface area contributed by atoms with Crippen molar-refractivity contribution in [3.05, 3.63) is 0 Å². The van der Waals surface area contributed by atoms with Gasteiger partial charge in [0, 0.05) is 12.0 Å². The van der Waals surface area contributed by atoms with Gasteiger partial charge in [0.15, 0.2) is 5.78 Å². The summed E-state index contributed by atoms with van der Waals surface area (Å²) in [6, 6.07) is 0.586. The normalized spacial score (nSPS) is 24.7. The van der Waals surface area contributed by atoms with Crippen molar-refractivity contribution in [2.24, 2.45) is 11.8 Å². The number of nitrogens with one attached hydrogen (secondary N) is 1. The van der Waals surface area contributed by atoms with Crippen LogP contribution in [-0.4, -0.2) is 17.9 Å². The molecule has 2 heteroatoms. The van der Waals surface area contributed by atoms with Crippen LogP contribution in [0.1, 0.15) is 58.8 Å². The van der Waals surface area contributed by atoms with Gasteiger partial charge in [-0.2, -0.15) is 0 Å². The molecule has 0 radical (unpaired) electrons. The third-order valence-electron chi connectivity index (χ3n) is 3.92. The topological polar surface area (TPSA) is 29.1 Å². The molecule has 2 rings (SSSR count).